The molecule has 30 heavy (non-hydrogen) atoms. The van der Waals surface area contributed by atoms with Crippen LogP contribution in [-0.4, -0.2) is 35.2 Å². The second-order valence-corrected chi connectivity index (χ2v) is 6.66. The first kappa shape index (κ1) is 21.3. The standard InChI is InChI=1S/C20H19F3N4O3/c21-20(22,23)14-9-5-4-8-13(14)17(28)11-25-19(30)15-10-16(18(24)29)27(26-15)12-6-2-1-3-7-12/h1-9,16-17,28H,10-11H2,(H2,24,29)(H,25,30). The lowest BCUT2D eigenvalue weighted by atomic mass is 10.0. The zero-order valence-corrected chi connectivity index (χ0v) is 15.6. The summed E-state index contributed by atoms with van der Waals surface area (Å²) in [5, 5.41) is 18.0. The minimum atomic E-state index is -4.64. The highest BCUT2D eigenvalue weighted by Crippen LogP contribution is 2.34. The Hall–Kier alpha value is -3.40. The van der Waals surface area contributed by atoms with E-state index in [1.165, 1.54) is 17.1 Å². The summed E-state index contributed by atoms with van der Waals surface area (Å²) in [4.78, 5) is 24.2. The minimum absolute atomic E-state index is 0.0149. The van der Waals surface area contributed by atoms with Crippen LogP contribution in [-0.2, 0) is 15.8 Å². The molecule has 1 aliphatic heterocycles. The van der Waals surface area contributed by atoms with Gasteiger partial charge in [0.15, 0.2) is 0 Å². The number of carbonyl (C=O) groups excluding carboxylic acids is 2. The molecule has 10 heteroatoms. The molecule has 0 bridgehead atoms. The first-order chi connectivity index (χ1) is 14.2. The summed E-state index contributed by atoms with van der Waals surface area (Å²) >= 11 is 0. The first-order valence-electron chi connectivity index (χ1n) is 9.02. The molecule has 1 heterocycles. The van der Waals surface area contributed by atoms with Crippen molar-refractivity contribution in [3.8, 4) is 0 Å². The van der Waals surface area contributed by atoms with Gasteiger partial charge in [-0.05, 0) is 23.8 Å². The number of hydrogen-bond acceptors (Lipinski definition) is 5. The highest BCUT2D eigenvalue weighted by Gasteiger charge is 2.36. The van der Waals surface area contributed by atoms with Crippen molar-refractivity contribution in [3.05, 3.63) is 65.7 Å². The Bertz CT molecular complexity index is 963. The van der Waals surface area contributed by atoms with Gasteiger partial charge in [0.25, 0.3) is 5.91 Å². The summed E-state index contributed by atoms with van der Waals surface area (Å²) in [7, 11) is 0. The molecule has 0 aromatic heterocycles. The van der Waals surface area contributed by atoms with E-state index in [0.29, 0.717) is 5.69 Å². The Balaban J connectivity index is 1.72. The van der Waals surface area contributed by atoms with E-state index in [1.807, 2.05) is 0 Å². The number of nitrogens with two attached hydrogens (primary N) is 1. The fourth-order valence-corrected chi connectivity index (χ4v) is 3.13. The number of aliphatic hydroxyl groups excluding tert-OH is 1. The van der Waals surface area contributed by atoms with Crippen molar-refractivity contribution >= 4 is 23.2 Å². The van der Waals surface area contributed by atoms with Crippen molar-refractivity contribution in [2.24, 2.45) is 10.8 Å². The maximum atomic E-state index is 13.1. The van der Waals surface area contributed by atoms with Crippen LogP contribution in [0.1, 0.15) is 23.7 Å². The Morgan fingerprint density at radius 3 is 2.43 bits per heavy atom. The Kier molecular flexibility index (Phi) is 6.06. The molecule has 2 atom stereocenters. The first-order valence-corrected chi connectivity index (χ1v) is 9.02. The van der Waals surface area contributed by atoms with E-state index in [4.69, 9.17) is 5.73 Å². The van der Waals surface area contributed by atoms with Crippen molar-refractivity contribution in [3.63, 3.8) is 0 Å². The third kappa shape index (κ3) is 4.60. The highest BCUT2D eigenvalue weighted by atomic mass is 19.4. The van der Waals surface area contributed by atoms with Gasteiger partial charge < -0.3 is 16.2 Å². The maximum Gasteiger partial charge on any atom is 0.416 e. The van der Waals surface area contributed by atoms with Crippen LogP contribution in [0.2, 0.25) is 0 Å². The second-order valence-electron chi connectivity index (χ2n) is 6.66. The number of carbonyl (C=O) groups is 2. The summed E-state index contributed by atoms with van der Waals surface area (Å²) < 4.78 is 39.3. The number of amides is 2. The van der Waals surface area contributed by atoms with Crippen molar-refractivity contribution in [1.29, 1.82) is 0 Å². The molecule has 0 fully saturated rings. The number of aliphatic hydroxyl groups is 1. The van der Waals surface area contributed by atoms with E-state index in [9.17, 15) is 27.9 Å². The van der Waals surface area contributed by atoms with Gasteiger partial charge in [-0.3, -0.25) is 14.6 Å². The number of nitrogens with zero attached hydrogens (tertiary/aromatic N) is 2. The molecule has 3 rings (SSSR count). The summed E-state index contributed by atoms with van der Waals surface area (Å²) in [5.74, 6) is -1.38. The van der Waals surface area contributed by atoms with Gasteiger partial charge in [-0.1, -0.05) is 36.4 Å². The van der Waals surface area contributed by atoms with Crippen LogP contribution in [0.4, 0.5) is 18.9 Å². The molecule has 2 unspecified atom stereocenters. The van der Waals surface area contributed by atoms with E-state index in [-0.39, 0.29) is 17.7 Å². The summed E-state index contributed by atoms with van der Waals surface area (Å²) in [6.45, 7) is -0.461. The summed E-state index contributed by atoms with van der Waals surface area (Å²) in [6, 6.07) is 12.3. The molecule has 0 aliphatic carbocycles. The topological polar surface area (TPSA) is 108 Å². The molecule has 158 valence electrons. The summed E-state index contributed by atoms with van der Waals surface area (Å²) in [5.41, 5.74) is 4.63. The van der Waals surface area contributed by atoms with Gasteiger partial charge in [-0.2, -0.15) is 18.3 Å². The molecule has 0 saturated carbocycles. The lowest BCUT2D eigenvalue weighted by molar-refractivity contribution is -0.139. The molecule has 0 saturated heterocycles. The zero-order valence-electron chi connectivity index (χ0n) is 15.6. The van der Waals surface area contributed by atoms with E-state index < -0.39 is 42.2 Å². The third-order valence-corrected chi connectivity index (χ3v) is 4.60. The number of primary amides is 1. The van der Waals surface area contributed by atoms with Gasteiger partial charge in [-0.15, -0.1) is 0 Å². The average molecular weight is 420 g/mol. The minimum Gasteiger partial charge on any atom is -0.387 e. The molecule has 1 aliphatic rings. The molecule has 4 N–H and O–H groups in total. The summed E-state index contributed by atoms with van der Waals surface area (Å²) in [6.07, 6.45) is -6.28. The van der Waals surface area contributed by atoms with Gasteiger partial charge in [-0.25, -0.2) is 0 Å². The predicted molar refractivity (Wildman–Crippen MR) is 103 cm³/mol. The number of hydrazone groups is 1. The number of anilines is 1. The van der Waals surface area contributed by atoms with Crippen LogP contribution >= 0.6 is 0 Å². The van der Waals surface area contributed by atoms with Gasteiger partial charge in [0.2, 0.25) is 5.91 Å². The van der Waals surface area contributed by atoms with Crippen LogP contribution in [0.3, 0.4) is 0 Å². The van der Waals surface area contributed by atoms with Crippen LogP contribution in [0.15, 0.2) is 59.7 Å². The highest BCUT2D eigenvalue weighted by molar-refractivity contribution is 6.40. The predicted octanol–water partition coefficient (Wildman–Crippen LogP) is 1.98. The molecular weight excluding hydrogens is 401 g/mol. The van der Waals surface area contributed by atoms with Crippen LogP contribution in [0.25, 0.3) is 0 Å². The third-order valence-electron chi connectivity index (χ3n) is 4.60. The number of benzene rings is 2. The quantitative estimate of drug-likeness (QED) is 0.664. The molecule has 2 aromatic carbocycles. The smallest absolute Gasteiger partial charge is 0.387 e. The molecule has 0 spiro atoms. The van der Waals surface area contributed by atoms with Gasteiger partial charge in [0, 0.05) is 13.0 Å². The van der Waals surface area contributed by atoms with Crippen molar-refractivity contribution in [2.75, 3.05) is 11.6 Å². The van der Waals surface area contributed by atoms with Crippen LogP contribution < -0.4 is 16.1 Å². The number of halogens is 3. The monoisotopic (exact) mass is 420 g/mol. The fourth-order valence-electron chi connectivity index (χ4n) is 3.13. The van der Waals surface area contributed by atoms with E-state index in [1.54, 1.807) is 30.3 Å². The maximum absolute atomic E-state index is 13.1. The molecule has 0 radical (unpaired) electrons. The zero-order chi connectivity index (χ0) is 21.9. The second kappa shape index (κ2) is 8.54. The van der Waals surface area contributed by atoms with Crippen molar-refractivity contribution in [1.82, 2.24) is 5.32 Å². The van der Waals surface area contributed by atoms with Gasteiger partial charge >= 0.3 is 6.18 Å². The largest absolute Gasteiger partial charge is 0.416 e. The van der Waals surface area contributed by atoms with Gasteiger partial charge in [0.1, 0.15) is 11.8 Å². The Morgan fingerprint density at radius 2 is 1.80 bits per heavy atom. The fraction of sp³-hybridized carbons (Fsp3) is 0.250. The molecule has 2 amide bonds. The normalized spacial score (nSPS) is 17.4. The lowest BCUT2D eigenvalue weighted by Gasteiger charge is -2.20. The van der Waals surface area contributed by atoms with E-state index >= 15 is 0 Å². The van der Waals surface area contributed by atoms with Crippen molar-refractivity contribution < 1.29 is 27.9 Å². The number of alkyl halides is 3. The van der Waals surface area contributed by atoms with Crippen LogP contribution in [0, 0.1) is 0 Å². The SMILES string of the molecule is NC(=O)C1CC(C(=O)NCC(O)c2ccccc2C(F)(F)F)=NN1c1ccccc1. The Labute approximate surface area is 170 Å². The van der Waals surface area contributed by atoms with Crippen LogP contribution in [0.5, 0.6) is 0 Å². The lowest BCUT2D eigenvalue weighted by Crippen LogP contribution is -2.40. The number of hydrogen-bond donors (Lipinski definition) is 3. The number of rotatable bonds is 6. The van der Waals surface area contributed by atoms with Gasteiger partial charge in [0.05, 0.1) is 17.4 Å². The number of nitrogens with one attached hydrogen (secondary N) is 1. The average Bonchev–Trinajstić information content (AvgIpc) is 3.18. The Morgan fingerprint density at radius 1 is 1.17 bits per heavy atom. The van der Waals surface area contributed by atoms with E-state index in [2.05, 4.69) is 10.4 Å². The number of para-hydroxylation sites is 1. The molecule has 7 nitrogen and oxygen atoms in total. The molecular formula is C20H19F3N4O3. The van der Waals surface area contributed by atoms with Crippen molar-refractivity contribution in [2.45, 2.75) is 24.7 Å². The molecule has 2 aromatic rings. The van der Waals surface area contributed by atoms with E-state index in [0.717, 1.165) is 12.1 Å².